The highest BCUT2D eigenvalue weighted by Gasteiger charge is 2.38. The van der Waals surface area contributed by atoms with Crippen molar-refractivity contribution in [2.45, 2.75) is 19.6 Å². The second kappa shape index (κ2) is 6.44. The largest absolute Gasteiger partial charge is 0.478 e. The number of esters is 2. The van der Waals surface area contributed by atoms with Crippen LogP contribution in [-0.2, 0) is 19.1 Å². The van der Waals surface area contributed by atoms with Crippen LogP contribution in [0.4, 0.5) is 0 Å². The fourth-order valence-electron chi connectivity index (χ4n) is 2.43. The highest BCUT2D eigenvalue weighted by Crippen LogP contribution is 2.25. The average molecular weight is 353 g/mol. The highest BCUT2D eigenvalue weighted by molar-refractivity contribution is 6.18. The molecule has 1 fully saturated rings. The Bertz CT molecular complexity index is 905. The van der Waals surface area contributed by atoms with Crippen LogP contribution in [0.5, 0.6) is 0 Å². The molecule has 3 rings (SSSR count). The summed E-state index contributed by atoms with van der Waals surface area (Å²) < 4.78 is 10.1. The molecule has 0 atom stereocenters. The van der Waals surface area contributed by atoms with Gasteiger partial charge in [-0.05, 0) is 23.3 Å². The van der Waals surface area contributed by atoms with E-state index >= 15 is 0 Å². The number of pyridine rings is 1. The number of cyclic esters (lactones) is 2. The van der Waals surface area contributed by atoms with Gasteiger partial charge in [-0.15, -0.1) is 0 Å². The summed E-state index contributed by atoms with van der Waals surface area (Å²) in [6.45, 7) is 2.96. The van der Waals surface area contributed by atoms with Crippen molar-refractivity contribution in [3.8, 4) is 11.1 Å². The number of carbonyl (C=O) groups is 3. The van der Waals surface area contributed by atoms with Crippen molar-refractivity contribution >= 4 is 24.0 Å². The van der Waals surface area contributed by atoms with Gasteiger partial charge in [-0.3, -0.25) is 4.98 Å². The number of aromatic nitrogens is 1. The van der Waals surface area contributed by atoms with Crippen LogP contribution < -0.4 is 0 Å². The Hall–Kier alpha value is -3.48. The average Bonchev–Trinajstić information content (AvgIpc) is 2.58. The molecule has 0 unspecified atom stereocenters. The van der Waals surface area contributed by atoms with Crippen molar-refractivity contribution in [2.75, 3.05) is 0 Å². The molecule has 0 saturated carbocycles. The maximum absolute atomic E-state index is 12.0. The quantitative estimate of drug-likeness (QED) is 0.514. The third-order valence-electron chi connectivity index (χ3n) is 3.66. The normalized spacial score (nSPS) is 15.8. The van der Waals surface area contributed by atoms with Crippen molar-refractivity contribution in [1.29, 1.82) is 0 Å². The minimum Gasteiger partial charge on any atom is -0.478 e. The van der Waals surface area contributed by atoms with E-state index in [1.807, 2.05) is 0 Å². The topological polar surface area (TPSA) is 103 Å². The van der Waals surface area contributed by atoms with Crippen LogP contribution >= 0.6 is 0 Å². The minimum absolute atomic E-state index is 0.0870. The lowest BCUT2D eigenvalue weighted by Crippen LogP contribution is -2.41. The molecule has 1 aromatic carbocycles. The van der Waals surface area contributed by atoms with Crippen molar-refractivity contribution in [3.63, 3.8) is 0 Å². The Balaban J connectivity index is 1.86. The molecule has 1 aromatic heterocycles. The standard InChI is InChI=1S/C19H15NO6/c1-19(2)25-17(23)15(18(24)26-19)7-11-3-5-12(6-4-11)13-8-14(16(21)22)10-20-9-13/h3-10H,1-2H3,(H,21,22). The van der Waals surface area contributed by atoms with Gasteiger partial charge in [0.05, 0.1) is 5.56 Å². The lowest BCUT2D eigenvalue weighted by atomic mass is 10.0. The fraction of sp³-hybridized carbons (Fsp3) is 0.158. The molecule has 0 amide bonds. The summed E-state index contributed by atoms with van der Waals surface area (Å²) in [4.78, 5) is 38.9. The van der Waals surface area contributed by atoms with Crippen molar-refractivity contribution < 1.29 is 29.0 Å². The molecule has 1 aliphatic rings. The van der Waals surface area contributed by atoms with Gasteiger partial charge in [-0.1, -0.05) is 24.3 Å². The number of hydrogen-bond acceptors (Lipinski definition) is 6. The highest BCUT2D eigenvalue weighted by atomic mass is 16.7. The van der Waals surface area contributed by atoms with E-state index < -0.39 is 23.7 Å². The van der Waals surface area contributed by atoms with Gasteiger partial charge >= 0.3 is 17.9 Å². The molecule has 0 spiro atoms. The molecule has 2 aromatic rings. The molecular formula is C19H15NO6. The first-order valence-corrected chi connectivity index (χ1v) is 7.72. The number of nitrogens with zero attached hydrogens (tertiary/aromatic N) is 1. The fourth-order valence-corrected chi connectivity index (χ4v) is 2.43. The van der Waals surface area contributed by atoms with Gasteiger partial charge in [-0.2, -0.15) is 0 Å². The zero-order chi connectivity index (χ0) is 18.9. The molecule has 132 valence electrons. The van der Waals surface area contributed by atoms with E-state index in [1.54, 1.807) is 30.5 Å². The Kier molecular flexibility index (Phi) is 4.29. The molecule has 1 N–H and O–H groups in total. The van der Waals surface area contributed by atoms with E-state index in [-0.39, 0.29) is 11.1 Å². The van der Waals surface area contributed by atoms with Gasteiger partial charge in [0.25, 0.3) is 5.79 Å². The summed E-state index contributed by atoms with van der Waals surface area (Å²) in [7, 11) is 0. The predicted molar refractivity (Wildman–Crippen MR) is 90.9 cm³/mol. The number of aromatic carboxylic acids is 1. The smallest absolute Gasteiger partial charge is 0.348 e. The molecule has 7 heteroatoms. The second-order valence-electron chi connectivity index (χ2n) is 6.13. The monoisotopic (exact) mass is 353 g/mol. The van der Waals surface area contributed by atoms with Gasteiger partial charge in [0, 0.05) is 31.8 Å². The van der Waals surface area contributed by atoms with E-state index in [1.165, 1.54) is 32.2 Å². The third-order valence-corrected chi connectivity index (χ3v) is 3.66. The summed E-state index contributed by atoms with van der Waals surface area (Å²) in [5, 5.41) is 9.03. The Morgan fingerprint density at radius 3 is 2.23 bits per heavy atom. The zero-order valence-corrected chi connectivity index (χ0v) is 14.1. The van der Waals surface area contributed by atoms with Crippen LogP contribution in [-0.4, -0.2) is 33.8 Å². The summed E-state index contributed by atoms with van der Waals surface area (Å²) in [5.41, 5.74) is 1.88. The molecule has 2 heterocycles. The van der Waals surface area contributed by atoms with Gasteiger partial charge in [0.1, 0.15) is 5.57 Å². The Morgan fingerprint density at radius 2 is 1.65 bits per heavy atom. The molecule has 7 nitrogen and oxygen atoms in total. The second-order valence-corrected chi connectivity index (χ2v) is 6.13. The summed E-state index contributed by atoms with van der Waals surface area (Å²) in [6, 6.07) is 8.36. The maximum Gasteiger partial charge on any atom is 0.348 e. The van der Waals surface area contributed by atoms with E-state index in [9.17, 15) is 14.4 Å². The number of carbonyl (C=O) groups excluding carboxylic acids is 2. The van der Waals surface area contributed by atoms with E-state index in [0.717, 1.165) is 5.56 Å². The van der Waals surface area contributed by atoms with E-state index in [2.05, 4.69) is 4.98 Å². The van der Waals surface area contributed by atoms with Gasteiger partial charge in [0.15, 0.2) is 0 Å². The molecule has 1 aliphatic heterocycles. The third kappa shape index (κ3) is 3.61. The van der Waals surface area contributed by atoms with Crippen LogP contribution in [0.2, 0.25) is 0 Å². The first-order valence-electron chi connectivity index (χ1n) is 7.72. The first kappa shape index (κ1) is 17.3. The van der Waals surface area contributed by atoms with Crippen LogP contribution in [0.1, 0.15) is 29.8 Å². The number of carboxylic acid groups (broad SMARTS) is 1. The number of rotatable bonds is 3. The summed E-state index contributed by atoms with van der Waals surface area (Å²) in [5.74, 6) is -3.82. The molecule has 0 radical (unpaired) electrons. The van der Waals surface area contributed by atoms with Gasteiger partial charge < -0.3 is 14.6 Å². The van der Waals surface area contributed by atoms with Crippen LogP contribution in [0.15, 0.2) is 48.3 Å². The van der Waals surface area contributed by atoms with Gasteiger partial charge in [0.2, 0.25) is 0 Å². The van der Waals surface area contributed by atoms with Crippen molar-refractivity contribution in [2.24, 2.45) is 0 Å². The SMILES string of the molecule is CC1(C)OC(=O)C(=Cc2ccc(-c3cncc(C(=O)O)c3)cc2)C(=O)O1. The number of ether oxygens (including phenoxy) is 2. The van der Waals surface area contributed by atoms with Crippen molar-refractivity contribution in [1.82, 2.24) is 4.98 Å². The summed E-state index contributed by atoms with van der Waals surface area (Å²) >= 11 is 0. The molecule has 0 bridgehead atoms. The number of benzene rings is 1. The minimum atomic E-state index is -1.28. The van der Waals surface area contributed by atoms with Crippen LogP contribution in [0.3, 0.4) is 0 Å². The Morgan fingerprint density at radius 1 is 1.04 bits per heavy atom. The molecular weight excluding hydrogens is 338 g/mol. The predicted octanol–water partition coefficient (Wildman–Crippen LogP) is 2.67. The molecule has 0 aliphatic carbocycles. The van der Waals surface area contributed by atoms with Gasteiger partial charge in [-0.25, -0.2) is 14.4 Å². The molecule has 26 heavy (non-hydrogen) atoms. The van der Waals surface area contributed by atoms with Crippen LogP contribution in [0.25, 0.3) is 17.2 Å². The number of hydrogen-bond donors (Lipinski definition) is 1. The number of carboxylic acids is 1. The molecule has 1 saturated heterocycles. The lowest BCUT2D eigenvalue weighted by Gasteiger charge is -2.29. The van der Waals surface area contributed by atoms with Crippen LogP contribution in [0, 0.1) is 0 Å². The van der Waals surface area contributed by atoms with E-state index in [0.29, 0.717) is 11.1 Å². The Labute approximate surface area is 148 Å². The van der Waals surface area contributed by atoms with E-state index in [4.69, 9.17) is 14.6 Å². The zero-order valence-electron chi connectivity index (χ0n) is 14.1. The lowest BCUT2D eigenvalue weighted by molar-refractivity contribution is -0.222. The maximum atomic E-state index is 12.0. The first-order chi connectivity index (χ1) is 12.2. The van der Waals surface area contributed by atoms with Crippen molar-refractivity contribution in [3.05, 3.63) is 59.4 Å². The summed E-state index contributed by atoms with van der Waals surface area (Å²) in [6.07, 6.45) is 4.21.